The Morgan fingerprint density at radius 3 is 2.41 bits per heavy atom. The molecule has 1 amide bonds. The van der Waals surface area contributed by atoms with E-state index in [0.29, 0.717) is 19.6 Å². The average Bonchev–Trinajstić information content (AvgIpc) is 2.72. The highest BCUT2D eigenvalue weighted by molar-refractivity contribution is 14.0. The second-order valence-electron chi connectivity index (χ2n) is 8.56. The molecule has 0 atom stereocenters. The van der Waals surface area contributed by atoms with Crippen LogP contribution in [0.5, 0.6) is 0 Å². The van der Waals surface area contributed by atoms with Crippen molar-refractivity contribution >= 4 is 36.0 Å². The van der Waals surface area contributed by atoms with Gasteiger partial charge in [-0.25, -0.2) is 9.79 Å². The molecular formula is C23H40IN5O3. The Hall–Kier alpha value is -1.59. The molecule has 0 saturated carbocycles. The fraction of sp³-hybridized carbons (Fsp3) is 0.652. The van der Waals surface area contributed by atoms with Gasteiger partial charge in [-0.2, -0.15) is 0 Å². The zero-order valence-corrected chi connectivity index (χ0v) is 22.2. The van der Waals surface area contributed by atoms with Gasteiger partial charge in [0.1, 0.15) is 5.60 Å². The summed E-state index contributed by atoms with van der Waals surface area (Å²) in [5, 5.41) is 9.39. The molecule has 32 heavy (non-hydrogen) atoms. The number of morpholine rings is 1. The van der Waals surface area contributed by atoms with Crippen LogP contribution in [0.15, 0.2) is 29.3 Å². The third-order valence-corrected chi connectivity index (χ3v) is 4.68. The number of carbonyl (C=O) groups excluding carboxylic acids is 1. The summed E-state index contributed by atoms with van der Waals surface area (Å²) in [6, 6.07) is 8.48. The van der Waals surface area contributed by atoms with Gasteiger partial charge >= 0.3 is 6.09 Å². The van der Waals surface area contributed by atoms with Gasteiger partial charge in [0.2, 0.25) is 0 Å². The van der Waals surface area contributed by atoms with Crippen molar-refractivity contribution < 1.29 is 14.3 Å². The summed E-state index contributed by atoms with van der Waals surface area (Å²) in [5.74, 6) is 0.779. The third-order valence-electron chi connectivity index (χ3n) is 4.68. The van der Waals surface area contributed by atoms with E-state index < -0.39 is 5.60 Å². The summed E-state index contributed by atoms with van der Waals surface area (Å²) < 4.78 is 10.7. The maximum atomic E-state index is 11.7. The first-order valence-corrected chi connectivity index (χ1v) is 11.2. The standard InChI is InChI=1S/C23H39N5O3.HI/c1-5-24-21(25-11-8-12-26-22(29)31-23(2,3)4)27-17-19-9-6-7-10-20(19)18-28-13-15-30-16-14-28;/h6-7,9-10H,5,8,11-18H2,1-4H3,(H,26,29)(H2,24,25,27);1H. The van der Waals surface area contributed by atoms with Crippen molar-refractivity contribution in [1.29, 1.82) is 0 Å². The third kappa shape index (κ3) is 11.9. The molecule has 1 heterocycles. The molecule has 182 valence electrons. The molecule has 0 unspecified atom stereocenters. The molecule has 1 saturated heterocycles. The Morgan fingerprint density at radius 2 is 1.75 bits per heavy atom. The number of aliphatic imine (C=N–C) groups is 1. The number of rotatable bonds is 9. The molecule has 0 spiro atoms. The zero-order valence-electron chi connectivity index (χ0n) is 19.9. The van der Waals surface area contributed by atoms with Gasteiger partial charge in [-0.05, 0) is 45.2 Å². The predicted octanol–water partition coefficient (Wildman–Crippen LogP) is 3.11. The summed E-state index contributed by atoms with van der Waals surface area (Å²) in [7, 11) is 0. The molecule has 0 aliphatic carbocycles. The minimum absolute atomic E-state index is 0. The lowest BCUT2D eigenvalue weighted by Crippen LogP contribution is -2.39. The SMILES string of the molecule is CCNC(=NCc1ccccc1CN1CCOCC1)NCCCNC(=O)OC(C)(C)C.I. The average molecular weight is 562 g/mol. The van der Waals surface area contributed by atoms with Gasteiger partial charge < -0.3 is 25.4 Å². The van der Waals surface area contributed by atoms with Crippen LogP contribution in [0.2, 0.25) is 0 Å². The van der Waals surface area contributed by atoms with E-state index in [4.69, 9.17) is 14.5 Å². The molecule has 2 rings (SSSR count). The Kier molecular flexibility index (Phi) is 13.6. The summed E-state index contributed by atoms with van der Waals surface area (Å²) in [6.45, 7) is 14.7. The highest BCUT2D eigenvalue weighted by Crippen LogP contribution is 2.14. The van der Waals surface area contributed by atoms with Crippen molar-refractivity contribution in [2.75, 3.05) is 45.9 Å². The molecule has 0 bridgehead atoms. The molecule has 1 aromatic rings. The van der Waals surface area contributed by atoms with Gasteiger partial charge in [0.05, 0.1) is 19.8 Å². The van der Waals surface area contributed by atoms with Crippen LogP contribution < -0.4 is 16.0 Å². The van der Waals surface area contributed by atoms with Crippen molar-refractivity contribution in [2.45, 2.75) is 52.8 Å². The molecule has 1 aliphatic rings. The number of guanidine groups is 1. The molecule has 0 radical (unpaired) electrons. The Morgan fingerprint density at radius 1 is 1.09 bits per heavy atom. The second kappa shape index (κ2) is 15.3. The lowest BCUT2D eigenvalue weighted by molar-refractivity contribution is 0.0341. The van der Waals surface area contributed by atoms with E-state index in [9.17, 15) is 4.79 Å². The minimum Gasteiger partial charge on any atom is -0.444 e. The van der Waals surface area contributed by atoms with Crippen molar-refractivity contribution in [1.82, 2.24) is 20.9 Å². The van der Waals surface area contributed by atoms with Crippen LogP contribution in [0, 0.1) is 0 Å². The molecular weight excluding hydrogens is 521 g/mol. The van der Waals surface area contributed by atoms with E-state index in [1.54, 1.807) is 0 Å². The summed E-state index contributed by atoms with van der Waals surface area (Å²) >= 11 is 0. The van der Waals surface area contributed by atoms with Crippen molar-refractivity contribution in [3.8, 4) is 0 Å². The van der Waals surface area contributed by atoms with Gasteiger partial charge in [0.15, 0.2) is 5.96 Å². The number of nitrogens with zero attached hydrogens (tertiary/aromatic N) is 2. The molecule has 1 fully saturated rings. The molecule has 9 heteroatoms. The maximum absolute atomic E-state index is 11.7. The zero-order chi connectivity index (χ0) is 22.5. The smallest absolute Gasteiger partial charge is 0.407 e. The van der Waals surface area contributed by atoms with Crippen molar-refractivity contribution in [3.05, 3.63) is 35.4 Å². The van der Waals surface area contributed by atoms with Crippen LogP contribution in [0.4, 0.5) is 4.79 Å². The molecule has 1 aliphatic heterocycles. The molecule has 8 nitrogen and oxygen atoms in total. The van der Waals surface area contributed by atoms with E-state index in [-0.39, 0.29) is 30.1 Å². The van der Waals surface area contributed by atoms with Gasteiger partial charge in [-0.15, -0.1) is 24.0 Å². The van der Waals surface area contributed by atoms with Crippen molar-refractivity contribution in [3.63, 3.8) is 0 Å². The first kappa shape index (κ1) is 28.4. The highest BCUT2D eigenvalue weighted by atomic mass is 127. The Labute approximate surface area is 209 Å². The molecule has 1 aromatic carbocycles. The number of carbonyl (C=O) groups is 1. The lowest BCUT2D eigenvalue weighted by atomic mass is 10.1. The van der Waals surface area contributed by atoms with Crippen LogP contribution >= 0.6 is 24.0 Å². The largest absolute Gasteiger partial charge is 0.444 e. The monoisotopic (exact) mass is 561 g/mol. The van der Waals surface area contributed by atoms with Gasteiger partial charge in [0.25, 0.3) is 0 Å². The van der Waals surface area contributed by atoms with E-state index in [2.05, 4.69) is 45.1 Å². The van der Waals surface area contributed by atoms with Gasteiger partial charge in [-0.1, -0.05) is 24.3 Å². The first-order valence-electron chi connectivity index (χ1n) is 11.2. The topological polar surface area (TPSA) is 87.2 Å². The molecule has 0 aromatic heterocycles. The fourth-order valence-electron chi connectivity index (χ4n) is 3.17. The van der Waals surface area contributed by atoms with Crippen LogP contribution in [-0.4, -0.2) is 68.5 Å². The van der Waals surface area contributed by atoms with Gasteiger partial charge in [0, 0.05) is 39.3 Å². The predicted molar refractivity (Wildman–Crippen MR) is 140 cm³/mol. The Balaban J connectivity index is 0.00000512. The first-order chi connectivity index (χ1) is 14.9. The van der Waals surface area contributed by atoms with Gasteiger partial charge in [-0.3, -0.25) is 4.90 Å². The summed E-state index contributed by atoms with van der Waals surface area (Å²) in [4.78, 5) is 18.9. The minimum atomic E-state index is -0.481. The van der Waals surface area contributed by atoms with E-state index >= 15 is 0 Å². The quantitative estimate of drug-likeness (QED) is 0.186. The summed E-state index contributed by atoms with van der Waals surface area (Å²) in [6.07, 6.45) is 0.391. The number of ether oxygens (including phenoxy) is 2. The van der Waals surface area contributed by atoms with Crippen LogP contribution in [0.1, 0.15) is 45.2 Å². The fourth-order valence-corrected chi connectivity index (χ4v) is 3.17. The number of hydrogen-bond donors (Lipinski definition) is 3. The number of halogens is 1. The van der Waals surface area contributed by atoms with Crippen LogP contribution in [0.25, 0.3) is 0 Å². The van der Waals surface area contributed by atoms with E-state index in [1.807, 2.05) is 27.7 Å². The van der Waals surface area contributed by atoms with Crippen molar-refractivity contribution in [2.24, 2.45) is 4.99 Å². The number of amides is 1. The normalized spacial score (nSPS) is 14.9. The van der Waals surface area contributed by atoms with Crippen LogP contribution in [-0.2, 0) is 22.6 Å². The van der Waals surface area contributed by atoms with E-state index in [1.165, 1.54) is 11.1 Å². The summed E-state index contributed by atoms with van der Waals surface area (Å²) in [5.41, 5.74) is 2.06. The number of alkyl carbamates (subject to hydrolysis) is 1. The molecule has 3 N–H and O–H groups in total. The second-order valence-corrected chi connectivity index (χ2v) is 8.56. The Bertz CT molecular complexity index is 703. The highest BCUT2D eigenvalue weighted by Gasteiger charge is 2.15. The number of hydrogen-bond acceptors (Lipinski definition) is 5. The lowest BCUT2D eigenvalue weighted by Gasteiger charge is -2.27. The van der Waals surface area contributed by atoms with E-state index in [0.717, 1.165) is 51.8 Å². The van der Waals surface area contributed by atoms with Crippen LogP contribution in [0.3, 0.4) is 0 Å². The number of benzene rings is 1. The maximum Gasteiger partial charge on any atom is 0.407 e. The number of nitrogens with one attached hydrogen (secondary N) is 3.